The second-order valence-electron chi connectivity index (χ2n) is 8.02. The third-order valence-electron chi connectivity index (χ3n) is 5.37. The van der Waals surface area contributed by atoms with E-state index in [9.17, 15) is 9.59 Å². The van der Waals surface area contributed by atoms with E-state index in [1.165, 1.54) is 34.4 Å². The molecule has 3 aromatic carbocycles. The Kier molecular flexibility index (Phi) is 8.46. The van der Waals surface area contributed by atoms with Gasteiger partial charge in [0.15, 0.2) is 5.13 Å². The van der Waals surface area contributed by atoms with E-state index >= 15 is 0 Å². The number of nitrogens with one attached hydrogen (secondary N) is 2. The van der Waals surface area contributed by atoms with Crippen LogP contribution in [-0.2, 0) is 4.79 Å². The van der Waals surface area contributed by atoms with Crippen molar-refractivity contribution in [1.29, 1.82) is 0 Å². The van der Waals surface area contributed by atoms with Crippen molar-refractivity contribution < 1.29 is 9.59 Å². The molecule has 190 valence electrons. The Labute approximate surface area is 241 Å². The van der Waals surface area contributed by atoms with E-state index in [1.807, 2.05) is 71.4 Å². The van der Waals surface area contributed by atoms with E-state index in [0.717, 1.165) is 16.0 Å². The number of carbonyl (C=O) groups is 2. The SMILES string of the molecule is O=C(Nc1cccc(SC(C(=O)Nc2nc(-c3ccc(Cl)cc3Cl)cs2)c2ccccc2)c1)c1cccs1. The highest BCUT2D eigenvalue weighted by molar-refractivity contribution is 8.00. The van der Waals surface area contributed by atoms with Crippen molar-refractivity contribution in [1.82, 2.24) is 4.98 Å². The molecule has 2 heterocycles. The Morgan fingerprint density at radius 2 is 1.71 bits per heavy atom. The van der Waals surface area contributed by atoms with Gasteiger partial charge in [0.2, 0.25) is 5.91 Å². The third kappa shape index (κ3) is 6.46. The summed E-state index contributed by atoms with van der Waals surface area (Å²) in [4.78, 5) is 32.0. The molecule has 0 spiro atoms. The molecule has 0 saturated heterocycles. The van der Waals surface area contributed by atoms with Crippen LogP contribution in [0.15, 0.2) is 101 Å². The second-order valence-corrected chi connectivity index (χ2v) is 11.8. The van der Waals surface area contributed by atoms with E-state index in [1.54, 1.807) is 24.3 Å². The summed E-state index contributed by atoms with van der Waals surface area (Å²) in [6.45, 7) is 0. The number of amides is 2. The fraction of sp³-hybridized carbons (Fsp3) is 0.0357. The molecular weight excluding hydrogens is 577 g/mol. The van der Waals surface area contributed by atoms with Gasteiger partial charge in [-0.05, 0) is 53.4 Å². The molecule has 0 saturated carbocycles. The van der Waals surface area contributed by atoms with Crippen LogP contribution < -0.4 is 10.6 Å². The highest BCUT2D eigenvalue weighted by Crippen LogP contribution is 2.38. The van der Waals surface area contributed by atoms with Crippen molar-refractivity contribution in [2.75, 3.05) is 10.6 Å². The molecule has 1 unspecified atom stereocenters. The van der Waals surface area contributed by atoms with Crippen LogP contribution in [0, 0.1) is 0 Å². The fourth-order valence-corrected chi connectivity index (χ4v) is 6.53. The molecule has 0 aliphatic heterocycles. The third-order valence-corrected chi connectivity index (χ3v) is 8.79. The van der Waals surface area contributed by atoms with Crippen LogP contribution >= 0.6 is 57.6 Å². The van der Waals surface area contributed by atoms with Crippen molar-refractivity contribution in [3.8, 4) is 11.3 Å². The van der Waals surface area contributed by atoms with Gasteiger partial charge in [0.05, 0.1) is 15.6 Å². The monoisotopic (exact) mass is 595 g/mol. The first-order valence-electron chi connectivity index (χ1n) is 11.3. The van der Waals surface area contributed by atoms with E-state index < -0.39 is 5.25 Å². The molecule has 0 bridgehead atoms. The summed E-state index contributed by atoms with van der Waals surface area (Å²) in [6, 6.07) is 25.8. The van der Waals surface area contributed by atoms with Crippen LogP contribution in [0.1, 0.15) is 20.5 Å². The van der Waals surface area contributed by atoms with Gasteiger partial charge in [-0.15, -0.1) is 34.4 Å². The first-order chi connectivity index (χ1) is 18.5. The van der Waals surface area contributed by atoms with Gasteiger partial charge in [0, 0.05) is 26.5 Å². The van der Waals surface area contributed by atoms with Crippen molar-refractivity contribution in [2.45, 2.75) is 10.1 Å². The standard InChI is InChI=1S/C28H19Cl2N3O2S3/c29-18-11-12-21(22(30)14-18)23-16-37-28(32-23)33-27(35)25(17-6-2-1-3-7-17)38-20-9-4-8-19(15-20)31-26(34)24-10-5-13-36-24/h1-16,25H,(H,31,34)(H,32,33,35). The van der Waals surface area contributed by atoms with Crippen LogP contribution in [0.3, 0.4) is 0 Å². The number of carbonyl (C=O) groups excluding carboxylic acids is 2. The Balaban J connectivity index is 1.35. The number of thiazole rings is 1. The van der Waals surface area contributed by atoms with Gasteiger partial charge < -0.3 is 10.6 Å². The highest BCUT2D eigenvalue weighted by Gasteiger charge is 2.24. The minimum absolute atomic E-state index is 0.167. The zero-order chi connectivity index (χ0) is 26.5. The number of anilines is 2. The lowest BCUT2D eigenvalue weighted by molar-refractivity contribution is -0.115. The first kappa shape index (κ1) is 26.5. The van der Waals surface area contributed by atoms with Crippen molar-refractivity contribution in [3.63, 3.8) is 0 Å². The number of aromatic nitrogens is 1. The molecule has 0 aliphatic rings. The summed E-state index contributed by atoms with van der Waals surface area (Å²) in [7, 11) is 0. The van der Waals surface area contributed by atoms with E-state index in [4.69, 9.17) is 23.2 Å². The molecule has 0 fully saturated rings. The molecule has 0 aliphatic carbocycles. The molecule has 1 atom stereocenters. The second kappa shape index (κ2) is 12.1. The van der Waals surface area contributed by atoms with E-state index in [-0.39, 0.29) is 11.8 Å². The number of rotatable bonds is 8. The number of benzene rings is 3. The Bertz CT molecular complexity index is 1570. The smallest absolute Gasteiger partial charge is 0.265 e. The molecule has 2 N–H and O–H groups in total. The van der Waals surface area contributed by atoms with Crippen LogP contribution in [0.4, 0.5) is 10.8 Å². The Morgan fingerprint density at radius 3 is 2.47 bits per heavy atom. The summed E-state index contributed by atoms with van der Waals surface area (Å²) in [6.07, 6.45) is 0. The lowest BCUT2D eigenvalue weighted by Crippen LogP contribution is -2.19. The van der Waals surface area contributed by atoms with Gasteiger partial charge in [-0.3, -0.25) is 9.59 Å². The minimum atomic E-state index is -0.550. The topological polar surface area (TPSA) is 71.1 Å². The summed E-state index contributed by atoms with van der Waals surface area (Å²) in [5, 5.41) is 10.5. The average Bonchev–Trinajstić information content (AvgIpc) is 3.61. The fourth-order valence-electron chi connectivity index (χ4n) is 3.61. The van der Waals surface area contributed by atoms with Gasteiger partial charge in [0.1, 0.15) is 5.25 Å². The zero-order valence-electron chi connectivity index (χ0n) is 19.6. The molecular formula is C28H19Cl2N3O2S3. The molecule has 10 heteroatoms. The van der Waals surface area contributed by atoms with Gasteiger partial charge >= 0.3 is 0 Å². The lowest BCUT2D eigenvalue weighted by atomic mass is 10.1. The van der Waals surface area contributed by atoms with Gasteiger partial charge in [0.25, 0.3) is 5.91 Å². The maximum Gasteiger partial charge on any atom is 0.265 e. The van der Waals surface area contributed by atoms with E-state index in [0.29, 0.717) is 31.4 Å². The normalized spacial score (nSPS) is 11.6. The number of nitrogens with zero attached hydrogens (tertiary/aromatic N) is 1. The Morgan fingerprint density at radius 1 is 0.868 bits per heavy atom. The summed E-state index contributed by atoms with van der Waals surface area (Å²) in [5.74, 6) is -0.378. The van der Waals surface area contributed by atoms with Gasteiger partial charge in [-0.25, -0.2) is 4.98 Å². The summed E-state index contributed by atoms with van der Waals surface area (Å²) >= 11 is 16.4. The zero-order valence-corrected chi connectivity index (χ0v) is 23.5. The predicted octanol–water partition coefficient (Wildman–Crippen LogP) is 8.90. The number of thioether (sulfide) groups is 1. The van der Waals surface area contributed by atoms with Gasteiger partial charge in [-0.1, -0.05) is 65.7 Å². The van der Waals surface area contributed by atoms with Crippen LogP contribution in [0.25, 0.3) is 11.3 Å². The maximum atomic E-state index is 13.5. The number of thiophene rings is 1. The van der Waals surface area contributed by atoms with Crippen molar-refractivity contribution in [3.05, 3.63) is 116 Å². The van der Waals surface area contributed by atoms with Crippen LogP contribution in [-0.4, -0.2) is 16.8 Å². The lowest BCUT2D eigenvalue weighted by Gasteiger charge is -2.17. The molecule has 5 aromatic rings. The predicted molar refractivity (Wildman–Crippen MR) is 160 cm³/mol. The van der Waals surface area contributed by atoms with E-state index in [2.05, 4.69) is 15.6 Å². The molecule has 2 aromatic heterocycles. The van der Waals surface area contributed by atoms with Gasteiger partial charge in [-0.2, -0.15) is 0 Å². The molecule has 5 nitrogen and oxygen atoms in total. The van der Waals surface area contributed by atoms with Crippen molar-refractivity contribution >= 4 is 80.3 Å². The average molecular weight is 597 g/mol. The Hall–Kier alpha value is -3.14. The quantitative estimate of drug-likeness (QED) is 0.176. The van der Waals surface area contributed by atoms with Crippen LogP contribution in [0.5, 0.6) is 0 Å². The molecule has 38 heavy (non-hydrogen) atoms. The molecule has 0 radical (unpaired) electrons. The maximum absolute atomic E-state index is 13.5. The largest absolute Gasteiger partial charge is 0.321 e. The molecule has 5 rings (SSSR count). The van der Waals surface area contributed by atoms with Crippen molar-refractivity contribution in [2.24, 2.45) is 0 Å². The number of hydrogen-bond donors (Lipinski definition) is 2. The summed E-state index contributed by atoms with van der Waals surface area (Å²) in [5.41, 5.74) is 2.90. The minimum Gasteiger partial charge on any atom is -0.321 e. The number of halogens is 2. The summed E-state index contributed by atoms with van der Waals surface area (Å²) < 4.78 is 0. The molecule has 2 amide bonds. The highest BCUT2D eigenvalue weighted by atomic mass is 35.5. The van der Waals surface area contributed by atoms with Crippen LogP contribution in [0.2, 0.25) is 10.0 Å². The number of hydrogen-bond acceptors (Lipinski definition) is 6. The first-order valence-corrected chi connectivity index (χ1v) is 14.7.